The van der Waals surface area contributed by atoms with Gasteiger partial charge in [-0.25, -0.2) is 0 Å². The van der Waals surface area contributed by atoms with Gasteiger partial charge in [0.05, 0.1) is 0 Å². The lowest BCUT2D eigenvalue weighted by molar-refractivity contribution is 0.508. The summed E-state index contributed by atoms with van der Waals surface area (Å²) in [7, 11) is 10.1. The minimum Gasteiger partial charge on any atom is -0.131 e. The van der Waals surface area contributed by atoms with E-state index in [4.69, 9.17) is 0 Å². The molecule has 0 saturated heterocycles. The van der Waals surface area contributed by atoms with Crippen LogP contribution >= 0.6 is 35.6 Å². The fraction of sp³-hybridized carbons (Fsp3) is 1.00. The Balaban J connectivity index is 5.66. The maximum absolute atomic E-state index is 3.35. The topological polar surface area (TPSA) is 0 Å². The van der Waals surface area contributed by atoms with Crippen LogP contribution in [0.25, 0.3) is 0 Å². The Labute approximate surface area is 188 Å². The van der Waals surface area contributed by atoms with Crippen molar-refractivity contribution in [2.45, 2.75) is 134 Å². The predicted octanol–water partition coefficient (Wildman–Crippen LogP) is 9.11. The van der Waals surface area contributed by atoms with Gasteiger partial charge in [0.2, 0.25) is 0 Å². The fourth-order valence-electron chi connectivity index (χ4n) is 5.34. The highest BCUT2D eigenvalue weighted by atomic mass is 31.1. The van der Waals surface area contributed by atoms with Gasteiger partial charge in [0.15, 0.2) is 0 Å². The second kappa shape index (κ2) is 15.5. The molecule has 0 N–H and O–H groups in total. The first kappa shape index (κ1) is 29.7. The maximum Gasteiger partial charge on any atom is -0.0111 e. The summed E-state index contributed by atoms with van der Waals surface area (Å²) in [6, 6.07) is 0. The molecule has 0 fully saturated rings. The van der Waals surface area contributed by atoms with Crippen LogP contribution in [0.3, 0.4) is 0 Å². The van der Waals surface area contributed by atoms with Crippen LogP contribution < -0.4 is 0 Å². The van der Waals surface area contributed by atoms with Crippen LogP contribution in [0.1, 0.15) is 119 Å². The van der Waals surface area contributed by atoms with E-state index in [9.17, 15) is 0 Å². The summed E-state index contributed by atoms with van der Waals surface area (Å²) >= 11 is 0. The average molecular weight is 467 g/mol. The molecule has 28 heavy (non-hydrogen) atoms. The second-order valence-corrected chi connectivity index (χ2v) is 15.7. The Morgan fingerprint density at radius 2 is 0.607 bits per heavy atom. The van der Waals surface area contributed by atoms with Gasteiger partial charge in [-0.1, -0.05) is 80.1 Å². The van der Waals surface area contributed by atoms with Gasteiger partial charge in [0, 0.05) is 0 Å². The molecule has 0 bridgehead atoms. The van der Waals surface area contributed by atoms with Crippen molar-refractivity contribution >= 4 is 35.6 Å². The molecule has 0 radical (unpaired) electrons. The third-order valence-electron chi connectivity index (χ3n) is 6.10. The minimum absolute atomic E-state index is 0.0436. The van der Waals surface area contributed by atoms with E-state index in [1.807, 2.05) is 0 Å². The van der Waals surface area contributed by atoms with Gasteiger partial charge in [-0.15, -0.1) is 35.6 Å². The molecule has 0 aromatic heterocycles. The Morgan fingerprint density at radius 3 is 0.750 bits per heavy atom. The van der Waals surface area contributed by atoms with Crippen molar-refractivity contribution in [3.63, 3.8) is 0 Å². The van der Waals surface area contributed by atoms with Crippen molar-refractivity contribution in [3.8, 4) is 0 Å². The monoisotopic (exact) mass is 466 g/mol. The largest absolute Gasteiger partial charge is 0.131 e. The third kappa shape index (κ3) is 11.9. The molecule has 0 heterocycles. The summed E-state index contributed by atoms with van der Waals surface area (Å²) in [5.41, 5.74) is 0. The van der Waals surface area contributed by atoms with Crippen LogP contribution in [-0.2, 0) is 0 Å². The molecular formula is C24H54P4. The number of hydrogen-bond acceptors (Lipinski definition) is 0. The fourth-order valence-corrected chi connectivity index (χ4v) is 13.4. The lowest BCUT2D eigenvalue weighted by atomic mass is 9.98. The standard InChI is InChI=1S/C24H54P4/c1-7-13-22(25,14-8-2)19-28(20-23(26,15-9-3)16-10-4)21-24(27,17-11-5)18-12-6/h7-21,25-27H2,1-6H3. The Hall–Kier alpha value is 1.72. The normalized spacial score (nSPS) is 13.5. The van der Waals surface area contributed by atoms with E-state index >= 15 is 0 Å². The summed E-state index contributed by atoms with van der Waals surface area (Å²) in [5.74, 6) is 0. The molecule has 0 amide bonds. The van der Waals surface area contributed by atoms with Crippen LogP contribution in [0.4, 0.5) is 0 Å². The molecule has 0 aliphatic rings. The van der Waals surface area contributed by atoms with E-state index in [0.29, 0.717) is 15.5 Å². The van der Waals surface area contributed by atoms with Crippen molar-refractivity contribution in [3.05, 3.63) is 0 Å². The number of hydrogen-bond donors (Lipinski definition) is 0. The summed E-state index contributed by atoms with van der Waals surface area (Å²) in [4.78, 5) is 0. The molecular weight excluding hydrogens is 412 g/mol. The van der Waals surface area contributed by atoms with Crippen molar-refractivity contribution in [2.24, 2.45) is 0 Å². The first-order valence-corrected chi connectivity index (χ1v) is 15.9. The van der Waals surface area contributed by atoms with E-state index in [1.165, 1.54) is 95.5 Å². The molecule has 0 spiro atoms. The minimum atomic E-state index is 0.0436. The van der Waals surface area contributed by atoms with Crippen LogP contribution in [0.5, 0.6) is 0 Å². The molecule has 0 aliphatic heterocycles. The van der Waals surface area contributed by atoms with Crippen LogP contribution in [0.2, 0.25) is 0 Å². The lowest BCUT2D eigenvalue weighted by Crippen LogP contribution is -2.34. The first-order valence-electron chi connectivity index (χ1n) is 12.2. The van der Waals surface area contributed by atoms with Gasteiger partial charge < -0.3 is 0 Å². The van der Waals surface area contributed by atoms with Crippen molar-refractivity contribution in [1.29, 1.82) is 0 Å². The maximum atomic E-state index is 3.35. The zero-order valence-electron chi connectivity index (χ0n) is 20.3. The second-order valence-electron chi connectivity index (χ2n) is 9.73. The number of rotatable bonds is 18. The lowest BCUT2D eigenvalue weighted by Gasteiger charge is -2.42. The SMILES string of the molecule is CCCC(P)(CCC)CP(CC(P)(CCC)CCC)CC(P)(CCC)CCC. The van der Waals surface area contributed by atoms with Crippen LogP contribution in [0, 0.1) is 0 Å². The molecule has 0 aliphatic carbocycles. The van der Waals surface area contributed by atoms with Crippen molar-refractivity contribution in [2.75, 3.05) is 18.5 Å². The summed E-state index contributed by atoms with van der Waals surface area (Å²) in [6.07, 6.45) is 20.5. The third-order valence-corrected chi connectivity index (χ3v) is 12.7. The average Bonchev–Trinajstić information content (AvgIpc) is 2.55. The van der Waals surface area contributed by atoms with Crippen LogP contribution in [0.15, 0.2) is 0 Å². The zero-order valence-corrected chi connectivity index (χ0v) is 24.6. The highest BCUT2D eigenvalue weighted by molar-refractivity contribution is 7.59. The van der Waals surface area contributed by atoms with Gasteiger partial charge in [0.25, 0.3) is 0 Å². The highest BCUT2D eigenvalue weighted by Crippen LogP contribution is 2.54. The van der Waals surface area contributed by atoms with Gasteiger partial charge in [-0.05, 0) is 72.5 Å². The zero-order chi connectivity index (χ0) is 21.7. The Bertz CT molecular complexity index is 308. The molecule has 4 heteroatoms. The summed E-state index contributed by atoms with van der Waals surface area (Å²) in [6.45, 7) is 14.2. The molecule has 170 valence electrons. The van der Waals surface area contributed by atoms with Gasteiger partial charge >= 0.3 is 0 Å². The van der Waals surface area contributed by atoms with E-state index < -0.39 is 0 Å². The van der Waals surface area contributed by atoms with E-state index in [1.54, 1.807) is 0 Å². The van der Waals surface area contributed by atoms with Crippen LogP contribution in [-0.4, -0.2) is 34.0 Å². The quantitative estimate of drug-likeness (QED) is 0.177. The Kier molecular flexibility index (Phi) is 16.5. The van der Waals surface area contributed by atoms with Crippen molar-refractivity contribution < 1.29 is 0 Å². The molecule has 3 unspecified atom stereocenters. The molecule has 0 aromatic rings. The summed E-state index contributed by atoms with van der Waals surface area (Å²) < 4.78 is 0. The molecule has 0 saturated carbocycles. The van der Waals surface area contributed by atoms with Gasteiger partial charge in [-0.3, -0.25) is 0 Å². The highest BCUT2D eigenvalue weighted by Gasteiger charge is 2.36. The Morgan fingerprint density at radius 1 is 0.429 bits per heavy atom. The molecule has 3 atom stereocenters. The summed E-state index contributed by atoms with van der Waals surface area (Å²) in [5, 5.41) is 1.43. The molecule has 0 rings (SSSR count). The molecule has 0 nitrogen and oxygen atoms in total. The van der Waals surface area contributed by atoms with Crippen molar-refractivity contribution in [1.82, 2.24) is 0 Å². The first-order chi connectivity index (χ1) is 13.1. The predicted molar refractivity (Wildman–Crippen MR) is 148 cm³/mol. The van der Waals surface area contributed by atoms with Gasteiger partial charge in [-0.2, -0.15) is 0 Å². The van der Waals surface area contributed by atoms with E-state index in [0.717, 1.165) is 0 Å². The smallest absolute Gasteiger partial charge is 0.0111 e. The van der Waals surface area contributed by atoms with E-state index in [-0.39, 0.29) is 7.92 Å². The van der Waals surface area contributed by atoms with E-state index in [2.05, 4.69) is 69.3 Å². The molecule has 0 aromatic carbocycles. The van der Waals surface area contributed by atoms with Gasteiger partial charge in [0.1, 0.15) is 0 Å².